The van der Waals surface area contributed by atoms with Gasteiger partial charge in [-0.3, -0.25) is 15.6 Å². The van der Waals surface area contributed by atoms with Gasteiger partial charge in [-0.2, -0.15) is 0 Å². The molecular weight excluding hydrogens is 366 g/mol. The van der Waals surface area contributed by atoms with E-state index in [4.69, 9.17) is 5.73 Å². The highest BCUT2D eigenvalue weighted by molar-refractivity contribution is 5.85. The maximum absolute atomic E-state index is 12.2. The summed E-state index contributed by atoms with van der Waals surface area (Å²) in [7, 11) is 0. The van der Waals surface area contributed by atoms with Gasteiger partial charge in [0.25, 0.3) is 5.91 Å². The number of nitrogens with two attached hydrogens (primary N) is 1. The van der Waals surface area contributed by atoms with E-state index in [-0.39, 0.29) is 23.3 Å². The molecule has 0 aliphatic rings. The fraction of sp³-hybridized carbons (Fsp3) is 0.261. The first kappa shape index (κ1) is 22.0. The van der Waals surface area contributed by atoms with E-state index in [0.717, 1.165) is 11.1 Å². The molecular formula is C23H29N3O3. The number of anilines is 1. The molecule has 1 atom stereocenters. The molecule has 0 fully saturated rings. The molecule has 0 radical (unpaired) electrons. The summed E-state index contributed by atoms with van der Waals surface area (Å²) >= 11 is 0. The van der Waals surface area contributed by atoms with E-state index in [2.05, 4.69) is 24.0 Å². The number of allylic oxidation sites excluding steroid dienone is 2. The number of hydrogen-bond donors (Lipinski definition) is 5. The summed E-state index contributed by atoms with van der Waals surface area (Å²) in [5, 5.41) is 20.9. The Bertz CT molecular complexity index is 906. The van der Waals surface area contributed by atoms with Crippen LogP contribution in [0.5, 0.6) is 11.5 Å². The predicted molar refractivity (Wildman–Crippen MR) is 118 cm³/mol. The second-order valence-corrected chi connectivity index (χ2v) is 7.25. The Hall–Kier alpha value is -3.25. The van der Waals surface area contributed by atoms with Crippen LogP contribution in [0, 0.1) is 5.92 Å². The van der Waals surface area contributed by atoms with Crippen LogP contribution in [0.15, 0.2) is 55.6 Å². The van der Waals surface area contributed by atoms with Gasteiger partial charge < -0.3 is 15.9 Å². The van der Waals surface area contributed by atoms with Crippen LogP contribution in [0.3, 0.4) is 0 Å². The van der Waals surface area contributed by atoms with Crippen molar-refractivity contribution in [2.75, 3.05) is 5.43 Å². The van der Waals surface area contributed by atoms with E-state index in [1.807, 2.05) is 19.9 Å². The van der Waals surface area contributed by atoms with Crippen molar-refractivity contribution in [2.45, 2.75) is 32.7 Å². The third kappa shape index (κ3) is 5.39. The highest BCUT2D eigenvalue weighted by Crippen LogP contribution is 2.38. The van der Waals surface area contributed by atoms with Gasteiger partial charge in [0, 0.05) is 5.56 Å². The number of carbonyl (C=O) groups is 1. The molecule has 29 heavy (non-hydrogen) atoms. The van der Waals surface area contributed by atoms with Crippen LogP contribution < -0.4 is 16.6 Å². The van der Waals surface area contributed by atoms with E-state index < -0.39 is 6.04 Å². The molecule has 1 amide bonds. The average molecular weight is 396 g/mol. The van der Waals surface area contributed by atoms with Crippen LogP contribution in [0.25, 0.3) is 11.1 Å². The Morgan fingerprint density at radius 3 is 2.45 bits per heavy atom. The van der Waals surface area contributed by atoms with E-state index in [1.54, 1.807) is 36.4 Å². The van der Waals surface area contributed by atoms with Crippen LogP contribution >= 0.6 is 0 Å². The second-order valence-electron chi connectivity index (χ2n) is 7.25. The number of hydrogen-bond acceptors (Lipinski definition) is 5. The van der Waals surface area contributed by atoms with Crippen molar-refractivity contribution < 1.29 is 15.0 Å². The van der Waals surface area contributed by atoms with Crippen LogP contribution in [0.4, 0.5) is 5.69 Å². The van der Waals surface area contributed by atoms with Crippen molar-refractivity contribution in [1.29, 1.82) is 0 Å². The van der Waals surface area contributed by atoms with Crippen LogP contribution in [0.1, 0.15) is 25.0 Å². The smallest absolute Gasteiger partial charge is 0.255 e. The monoisotopic (exact) mass is 395 g/mol. The molecule has 2 aromatic carbocycles. The van der Waals surface area contributed by atoms with Crippen molar-refractivity contribution in [3.05, 3.63) is 66.8 Å². The minimum absolute atomic E-state index is 0.0201. The van der Waals surface area contributed by atoms with Gasteiger partial charge in [-0.05, 0) is 59.7 Å². The first-order valence-electron chi connectivity index (χ1n) is 9.49. The maximum atomic E-state index is 12.2. The lowest BCUT2D eigenvalue weighted by Crippen LogP contribution is -2.46. The van der Waals surface area contributed by atoms with E-state index in [9.17, 15) is 15.0 Å². The Kier molecular flexibility index (Phi) is 7.45. The van der Waals surface area contributed by atoms with Gasteiger partial charge in [0.15, 0.2) is 0 Å². The van der Waals surface area contributed by atoms with Gasteiger partial charge in [0.2, 0.25) is 0 Å². The molecule has 6 nitrogen and oxygen atoms in total. The molecule has 0 spiro atoms. The summed E-state index contributed by atoms with van der Waals surface area (Å²) < 4.78 is 0. The quantitative estimate of drug-likeness (QED) is 0.253. The lowest BCUT2D eigenvalue weighted by molar-refractivity contribution is -0.122. The Morgan fingerprint density at radius 1 is 1.14 bits per heavy atom. The third-order valence-electron chi connectivity index (χ3n) is 4.65. The largest absolute Gasteiger partial charge is 0.508 e. The van der Waals surface area contributed by atoms with E-state index >= 15 is 0 Å². The van der Waals surface area contributed by atoms with E-state index in [0.29, 0.717) is 29.7 Å². The molecule has 1 unspecified atom stereocenters. The SMILES string of the molecule is C=CCc1cc(NNC(=O)C(N)C(C)C)c(O)c(-c2ccc(O)c(CC=C)c2)c1. The molecule has 2 rings (SSSR count). The molecule has 0 saturated carbocycles. The minimum atomic E-state index is -0.668. The average Bonchev–Trinajstić information content (AvgIpc) is 2.69. The van der Waals surface area contributed by atoms with Gasteiger partial charge in [0.1, 0.15) is 11.5 Å². The van der Waals surface area contributed by atoms with Gasteiger partial charge in [0.05, 0.1) is 11.7 Å². The zero-order valence-electron chi connectivity index (χ0n) is 16.9. The molecule has 154 valence electrons. The molecule has 0 aliphatic heterocycles. The normalized spacial score (nSPS) is 11.7. The lowest BCUT2D eigenvalue weighted by Gasteiger charge is -2.19. The van der Waals surface area contributed by atoms with Gasteiger partial charge >= 0.3 is 0 Å². The van der Waals surface area contributed by atoms with Crippen LogP contribution in [-0.2, 0) is 17.6 Å². The fourth-order valence-corrected chi connectivity index (χ4v) is 2.88. The number of nitrogens with one attached hydrogen (secondary N) is 2. The predicted octanol–water partition coefficient (Wildman–Crippen LogP) is 3.65. The molecule has 6 heteroatoms. The highest BCUT2D eigenvalue weighted by Gasteiger charge is 2.18. The van der Waals surface area contributed by atoms with Crippen molar-refractivity contribution >= 4 is 11.6 Å². The van der Waals surface area contributed by atoms with Crippen molar-refractivity contribution in [3.63, 3.8) is 0 Å². The first-order valence-corrected chi connectivity index (χ1v) is 9.49. The maximum Gasteiger partial charge on any atom is 0.255 e. The number of hydrazine groups is 1. The Labute approximate surface area is 171 Å². The molecule has 0 aliphatic carbocycles. The summed E-state index contributed by atoms with van der Waals surface area (Å²) in [6.45, 7) is 11.2. The summed E-state index contributed by atoms with van der Waals surface area (Å²) in [4.78, 5) is 12.2. The van der Waals surface area contributed by atoms with E-state index in [1.165, 1.54) is 0 Å². The fourth-order valence-electron chi connectivity index (χ4n) is 2.88. The minimum Gasteiger partial charge on any atom is -0.508 e. The Morgan fingerprint density at radius 2 is 1.83 bits per heavy atom. The zero-order chi connectivity index (χ0) is 21.6. The molecule has 0 aromatic heterocycles. The summed E-state index contributed by atoms with van der Waals surface area (Å²) in [5.41, 5.74) is 14.5. The molecule has 0 bridgehead atoms. The van der Waals surface area contributed by atoms with Gasteiger partial charge in [-0.1, -0.05) is 32.1 Å². The Balaban J connectivity index is 2.43. The molecule has 6 N–H and O–H groups in total. The van der Waals surface area contributed by atoms with Gasteiger partial charge in [-0.15, -0.1) is 13.2 Å². The van der Waals surface area contributed by atoms with Gasteiger partial charge in [-0.25, -0.2) is 0 Å². The van der Waals surface area contributed by atoms with Crippen molar-refractivity contribution in [2.24, 2.45) is 11.7 Å². The number of amides is 1. The number of aromatic hydroxyl groups is 2. The summed E-state index contributed by atoms with van der Waals surface area (Å²) in [5.74, 6) is -0.239. The number of phenols is 2. The number of benzene rings is 2. The standard InChI is InChI=1S/C23H29N3O3/c1-5-7-15-11-18(16-9-10-20(27)17(13-16)8-6-2)22(28)19(12-15)25-26-23(29)21(24)14(3)4/h5-6,9-14,21,25,27-28H,1-2,7-8,24H2,3-4H3,(H,26,29). The second kappa shape index (κ2) is 9.80. The number of rotatable bonds is 9. The number of phenolic OH excluding ortho intramolecular Hbond substituents is 2. The number of carbonyl (C=O) groups excluding carboxylic acids is 1. The molecule has 0 heterocycles. The topological polar surface area (TPSA) is 108 Å². The molecule has 0 saturated heterocycles. The van der Waals surface area contributed by atoms with Crippen LogP contribution in [-0.4, -0.2) is 22.2 Å². The highest BCUT2D eigenvalue weighted by atomic mass is 16.3. The summed E-state index contributed by atoms with van der Waals surface area (Å²) in [6.07, 6.45) is 4.54. The van der Waals surface area contributed by atoms with Crippen molar-refractivity contribution in [1.82, 2.24) is 5.43 Å². The third-order valence-corrected chi connectivity index (χ3v) is 4.65. The van der Waals surface area contributed by atoms with Crippen molar-refractivity contribution in [3.8, 4) is 22.6 Å². The van der Waals surface area contributed by atoms with Crippen LogP contribution in [0.2, 0.25) is 0 Å². The molecule has 2 aromatic rings. The first-order chi connectivity index (χ1) is 13.8. The summed E-state index contributed by atoms with van der Waals surface area (Å²) in [6, 6.07) is 8.05. The lowest BCUT2D eigenvalue weighted by atomic mass is 9.96. The zero-order valence-corrected chi connectivity index (χ0v) is 16.9.